The zero-order chi connectivity index (χ0) is 7.84. The molecule has 2 rings (SSSR count). The Bertz CT molecular complexity index is 394. The van der Waals surface area contributed by atoms with Gasteiger partial charge in [0.1, 0.15) is 0 Å². The Kier molecular flexibility index (Phi) is 1.91. The third-order valence-electron chi connectivity index (χ3n) is 1.50. The van der Waals surface area contributed by atoms with Crippen LogP contribution in [0.2, 0.25) is 5.02 Å². The molecular formula is C8H4BrClS. The van der Waals surface area contributed by atoms with E-state index in [0.717, 1.165) is 14.9 Å². The van der Waals surface area contributed by atoms with Gasteiger partial charge in [0.15, 0.2) is 0 Å². The maximum atomic E-state index is 5.93. The van der Waals surface area contributed by atoms with Gasteiger partial charge in [0.25, 0.3) is 0 Å². The van der Waals surface area contributed by atoms with E-state index in [1.807, 2.05) is 23.6 Å². The van der Waals surface area contributed by atoms with E-state index >= 15 is 0 Å². The van der Waals surface area contributed by atoms with Crippen LogP contribution in [0.15, 0.2) is 28.1 Å². The average Bonchev–Trinajstić information content (AvgIpc) is 2.35. The van der Waals surface area contributed by atoms with Gasteiger partial charge in [-0.05, 0) is 22.0 Å². The van der Waals surface area contributed by atoms with Crippen molar-refractivity contribution in [1.82, 2.24) is 0 Å². The maximum absolute atomic E-state index is 5.93. The number of hydrogen-bond donors (Lipinski definition) is 0. The molecule has 0 N–H and O–H groups in total. The molecule has 0 bridgehead atoms. The largest absolute Gasteiger partial charge is 0.141 e. The molecule has 0 amide bonds. The summed E-state index contributed by atoms with van der Waals surface area (Å²) in [5.41, 5.74) is 0. The van der Waals surface area contributed by atoms with E-state index in [9.17, 15) is 0 Å². The number of hydrogen-bond acceptors (Lipinski definition) is 1. The van der Waals surface area contributed by atoms with Crippen molar-refractivity contribution in [2.45, 2.75) is 0 Å². The fraction of sp³-hybridized carbons (Fsp3) is 0. The van der Waals surface area contributed by atoms with Gasteiger partial charge in [0, 0.05) is 19.9 Å². The summed E-state index contributed by atoms with van der Waals surface area (Å²) in [5.74, 6) is 0. The molecule has 0 nitrogen and oxygen atoms in total. The first-order valence-electron chi connectivity index (χ1n) is 3.10. The number of benzene rings is 1. The van der Waals surface area contributed by atoms with Crippen molar-refractivity contribution in [2.24, 2.45) is 0 Å². The molecule has 0 aliphatic rings. The Morgan fingerprint density at radius 2 is 2.18 bits per heavy atom. The molecule has 0 aliphatic heterocycles. The fourth-order valence-corrected chi connectivity index (χ4v) is 2.82. The summed E-state index contributed by atoms with van der Waals surface area (Å²) in [5, 5.41) is 3.93. The molecule has 0 saturated carbocycles. The van der Waals surface area contributed by atoms with Gasteiger partial charge in [-0.1, -0.05) is 23.7 Å². The Morgan fingerprint density at radius 1 is 1.36 bits per heavy atom. The third kappa shape index (κ3) is 1.19. The molecule has 2 aromatic rings. The second kappa shape index (κ2) is 2.77. The predicted octanol–water partition coefficient (Wildman–Crippen LogP) is 4.32. The highest BCUT2D eigenvalue weighted by Crippen LogP contribution is 2.34. The Morgan fingerprint density at radius 3 is 2.91 bits per heavy atom. The highest BCUT2D eigenvalue weighted by atomic mass is 79.9. The molecule has 0 radical (unpaired) electrons. The molecule has 0 unspecified atom stereocenters. The van der Waals surface area contributed by atoms with Gasteiger partial charge in [-0.2, -0.15) is 0 Å². The van der Waals surface area contributed by atoms with E-state index in [0.29, 0.717) is 0 Å². The Balaban J connectivity index is 2.94. The van der Waals surface area contributed by atoms with E-state index < -0.39 is 0 Å². The van der Waals surface area contributed by atoms with Crippen molar-refractivity contribution in [3.05, 3.63) is 33.1 Å². The van der Waals surface area contributed by atoms with E-state index in [1.54, 1.807) is 11.3 Å². The van der Waals surface area contributed by atoms with Crippen LogP contribution >= 0.6 is 38.9 Å². The molecule has 0 spiro atoms. The van der Waals surface area contributed by atoms with Crippen LogP contribution in [-0.2, 0) is 0 Å². The first-order valence-corrected chi connectivity index (χ1v) is 5.15. The van der Waals surface area contributed by atoms with Crippen molar-refractivity contribution in [3.8, 4) is 0 Å². The minimum absolute atomic E-state index is 0.839. The van der Waals surface area contributed by atoms with Crippen molar-refractivity contribution in [1.29, 1.82) is 0 Å². The molecule has 1 aromatic heterocycles. The van der Waals surface area contributed by atoms with E-state index in [1.165, 1.54) is 4.70 Å². The van der Waals surface area contributed by atoms with Crippen LogP contribution in [0.3, 0.4) is 0 Å². The number of thiophene rings is 1. The second-order valence-corrected chi connectivity index (χ2v) is 4.34. The summed E-state index contributed by atoms with van der Waals surface area (Å²) in [6.07, 6.45) is 0. The van der Waals surface area contributed by atoms with Gasteiger partial charge in [0.05, 0.1) is 5.02 Å². The predicted molar refractivity (Wildman–Crippen MR) is 54.5 cm³/mol. The second-order valence-electron chi connectivity index (χ2n) is 2.20. The summed E-state index contributed by atoms with van der Waals surface area (Å²) >= 11 is 11.1. The van der Waals surface area contributed by atoms with Crippen LogP contribution in [0.1, 0.15) is 0 Å². The van der Waals surface area contributed by atoms with Crippen LogP contribution in [-0.4, -0.2) is 0 Å². The SMILES string of the molecule is Clc1csc2c(Br)cccc12. The number of fused-ring (bicyclic) bond motifs is 1. The smallest absolute Gasteiger partial charge is 0.0592 e. The molecule has 11 heavy (non-hydrogen) atoms. The van der Waals surface area contributed by atoms with Crippen LogP contribution in [0.5, 0.6) is 0 Å². The molecule has 1 aromatic carbocycles. The van der Waals surface area contributed by atoms with Gasteiger partial charge in [-0.3, -0.25) is 0 Å². The first-order chi connectivity index (χ1) is 5.29. The van der Waals surface area contributed by atoms with E-state index in [-0.39, 0.29) is 0 Å². The first kappa shape index (κ1) is 7.59. The summed E-state index contributed by atoms with van der Waals surface area (Å²) in [4.78, 5) is 0. The average molecular weight is 248 g/mol. The van der Waals surface area contributed by atoms with Crippen molar-refractivity contribution < 1.29 is 0 Å². The Labute approximate surface area is 81.9 Å². The van der Waals surface area contributed by atoms with Gasteiger partial charge < -0.3 is 0 Å². The monoisotopic (exact) mass is 246 g/mol. The summed E-state index contributed by atoms with van der Waals surface area (Å²) in [7, 11) is 0. The van der Waals surface area contributed by atoms with Crippen LogP contribution in [0, 0.1) is 0 Å². The molecule has 0 fully saturated rings. The van der Waals surface area contributed by atoms with Crippen LogP contribution < -0.4 is 0 Å². The topological polar surface area (TPSA) is 0 Å². The molecule has 1 heterocycles. The fourth-order valence-electron chi connectivity index (χ4n) is 0.991. The minimum Gasteiger partial charge on any atom is -0.141 e. The molecular weight excluding hydrogens is 244 g/mol. The normalized spacial score (nSPS) is 10.7. The van der Waals surface area contributed by atoms with E-state index in [2.05, 4.69) is 15.9 Å². The highest BCUT2D eigenvalue weighted by Gasteiger charge is 2.02. The summed E-state index contributed by atoms with van der Waals surface area (Å²) in [6.45, 7) is 0. The zero-order valence-electron chi connectivity index (χ0n) is 5.47. The number of halogens is 2. The lowest BCUT2D eigenvalue weighted by atomic mass is 10.3. The Hall–Kier alpha value is -0.0500. The summed E-state index contributed by atoms with van der Waals surface area (Å²) < 4.78 is 2.34. The van der Waals surface area contributed by atoms with E-state index in [4.69, 9.17) is 11.6 Å². The lowest BCUT2D eigenvalue weighted by Crippen LogP contribution is -1.64. The standard InChI is InChI=1S/C8H4BrClS/c9-6-3-1-2-5-7(10)4-11-8(5)6/h1-4H. The maximum Gasteiger partial charge on any atom is 0.0592 e. The molecule has 56 valence electrons. The van der Waals surface area contributed by atoms with Crippen molar-refractivity contribution in [2.75, 3.05) is 0 Å². The molecule has 0 atom stereocenters. The van der Waals surface area contributed by atoms with Gasteiger partial charge in [-0.25, -0.2) is 0 Å². The molecule has 3 heteroatoms. The van der Waals surface area contributed by atoms with Gasteiger partial charge >= 0.3 is 0 Å². The van der Waals surface area contributed by atoms with Crippen molar-refractivity contribution >= 4 is 49.0 Å². The quantitative estimate of drug-likeness (QED) is 0.650. The molecule has 0 aliphatic carbocycles. The van der Waals surface area contributed by atoms with Gasteiger partial charge in [-0.15, -0.1) is 11.3 Å². The highest BCUT2D eigenvalue weighted by molar-refractivity contribution is 9.10. The lowest BCUT2D eigenvalue weighted by Gasteiger charge is -1.91. The third-order valence-corrected chi connectivity index (χ3v) is 3.90. The molecule has 0 saturated heterocycles. The van der Waals surface area contributed by atoms with Crippen LogP contribution in [0.4, 0.5) is 0 Å². The number of rotatable bonds is 0. The lowest BCUT2D eigenvalue weighted by molar-refractivity contribution is 1.80. The summed E-state index contributed by atoms with van der Waals surface area (Å²) in [6, 6.07) is 6.04. The minimum atomic E-state index is 0.839. The van der Waals surface area contributed by atoms with Crippen molar-refractivity contribution in [3.63, 3.8) is 0 Å². The zero-order valence-corrected chi connectivity index (χ0v) is 8.63. The van der Waals surface area contributed by atoms with Crippen LogP contribution in [0.25, 0.3) is 10.1 Å². The van der Waals surface area contributed by atoms with Gasteiger partial charge in [0.2, 0.25) is 0 Å².